The average molecular weight is 276 g/mol. The van der Waals surface area contributed by atoms with Gasteiger partial charge in [-0.25, -0.2) is 0 Å². The van der Waals surface area contributed by atoms with E-state index in [1.807, 2.05) is 6.92 Å². The maximum atomic E-state index is 12.1. The van der Waals surface area contributed by atoms with Crippen molar-refractivity contribution in [1.82, 2.24) is 0 Å². The molecule has 0 heterocycles. The molecule has 1 aliphatic carbocycles. The van der Waals surface area contributed by atoms with Crippen LogP contribution < -0.4 is 0 Å². The normalized spacial score (nSPS) is 15.8. The minimum absolute atomic E-state index is 0.299. The second-order valence-corrected chi connectivity index (χ2v) is 6.25. The predicted octanol–water partition coefficient (Wildman–Crippen LogP) is 6.14. The highest BCUT2D eigenvalue weighted by Gasteiger charge is 2.16. The molecule has 0 radical (unpaired) electrons. The average Bonchev–Trinajstić information content (AvgIpc) is 2.45. The SMILES string of the molecule is CCCCCCCCCCCC1=CCC(C)=C(C)C1=O. The van der Waals surface area contributed by atoms with Crippen LogP contribution in [0.25, 0.3) is 0 Å². The zero-order valence-corrected chi connectivity index (χ0v) is 13.8. The molecule has 0 aliphatic heterocycles. The van der Waals surface area contributed by atoms with Crippen LogP contribution in [-0.2, 0) is 4.79 Å². The Balaban J connectivity index is 2.04. The van der Waals surface area contributed by atoms with Crippen molar-refractivity contribution in [3.05, 3.63) is 22.8 Å². The Hall–Kier alpha value is -0.850. The van der Waals surface area contributed by atoms with Gasteiger partial charge in [-0.2, -0.15) is 0 Å². The van der Waals surface area contributed by atoms with Crippen LogP contribution >= 0.6 is 0 Å². The standard InChI is InChI=1S/C19H32O/c1-4-5-6-7-8-9-10-11-12-13-18-15-14-16(2)17(3)19(18)20/h15H,4-14H2,1-3H3. The van der Waals surface area contributed by atoms with Gasteiger partial charge in [-0.3, -0.25) is 4.79 Å². The summed E-state index contributed by atoms with van der Waals surface area (Å²) in [5.41, 5.74) is 3.29. The molecule has 0 spiro atoms. The molecular formula is C19H32O. The van der Waals surface area contributed by atoms with Crippen LogP contribution in [0, 0.1) is 0 Å². The molecule has 0 N–H and O–H groups in total. The van der Waals surface area contributed by atoms with Crippen LogP contribution in [0.4, 0.5) is 0 Å². The second-order valence-electron chi connectivity index (χ2n) is 6.25. The lowest BCUT2D eigenvalue weighted by atomic mass is 9.89. The third-order valence-corrected chi connectivity index (χ3v) is 4.48. The maximum Gasteiger partial charge on any atom is 0.184 e. The maximum absolute atomic E-state index is 12.1. The lowest BCUT2D eigenvalue weighted by Crippen LogP contribution is -2.10. The largest absolute Gasteiger partial charge is 0.289 e. The number of carbonyl (C=O) groups is 1. The molecule has 20 heavy (non-hydrogen) atoms. The highest BCUT2D eigenvalue weighted by Crippen LogP contribution is 2.24. The number of unbranched alkanes of at least 4 members (excludes halogenated alkanes) is 8. The monoisotopic (exact) mass is 276 g/mol. The number of allylic oxidation sites excluding steroid dienone is 4. The van der Waals surface area contributed by atoms with Crippen LogP contribution in [0.1, 0.15) is 91.4 Å². The minimum atomic E-state index is 0.299. The summed E-state index contributed by atoms with van der Waals surface area (Å²) in [5, 5.41) is 0. The van der Waals surface area contributed by atoms with Crippen molar-refractivity contribution in [2.75, 3.05) is 0 Å². The molecule has 1 aliphatic rings. The lowest BCUT2D eigenvalue weighted by Gasteiger charge is -2.14. The van der Waals surface area contributed by atoms with Gasteiger partial charge in [-0.15, -0.1) is 0 Å². The Kier molecular flexibility index (Phi) is 8.57. The molecule has 0 aromatic heterocycles. The Labute approximate surface area is 125 Å². The van der Waals surface area contributed by atoms with Crippen molar-refractivity contribution in [2.24, 2.45) is 0 Å². The Morgan fingerprint density at radius 2 is 1.45 bits per heavy atom. The van der Waals surface area contributed by atoms with Gasteiger partial charge in [0.1, 0.15) is 0 Å². The molecule has 0 saturated carbocycles. The molecule has 0 aromatic rings. The van der Waals surface area contributed by atoms with Gasteiger partial charge in [0.2, 0.25) is 0 Å². The third kappa shape index (κ3) is 6.07. The van der Waals surface area contributed by atoms with Crippen molar-refractivity contribution < 1.29 is 4.79 Å². The van der Waals surface area contributed by atoms with Gasteiger partial charge < -0.3 is 0 Å². The predicted molar refractivity (Wildman–Crippen MR) is 87.9 cm³/mol. The summed E-state index contributed by atoms with van der Waals surface area (Å²) >= 11 is 0. The lowest BCUT2D eigenvalue weighted by molar-refractivity contribution is -0.112. The van der Waals surface area contributed by atoms with E-state index in [1.165, 1.54) is 63.4 Å². The summed E-state index contributed by atoms with van der Waals surface area (Å²) in [4.78, 5) is 12.1. The number of hydrogen-bond acceptors (Lipinski definition) is 1. The van der Waals surface area contributed by atoms with Gasteiger partial charge in [-0.1, -0.05) is 69.9 Å². The van der Waals surface area contributed by atoms with E-state index >= 15 is 0 Å². The summed E-state index contributed by atoms with van der Waals surface area (Å²) in [6.45, 7) is 6.31. The van der Waals surface area contributed by atoms with Gasteiger partial charge in [-0.05, 0) is 44.3 Å². The fourth-order valence-corrected chi connectivity index (χ4v) is 2.80. The van der Waals surface area contributed by atoms with Crippen LogP contribution in [0.3, 0.4) is 0 Å². The number of rotatable bonds is 10. The zero-order valence-electron chi connectivity index (χ0n) is 13.8. The Morgan fingerprint density at radius 1 is 0.900 bits per heavy atom. The fourth-order valence-electron chi connectivity index (χ4n) is 2.80. The molecular weight excluding hydrogens is 244 g/mol. The minimum Gasteiger partial charge on any atom is -0.289 e. The van der Waals surface area contributed by atoms with Crippen LogP contribution in [0.5, 0.6) is 0 Å². The van der Waals surface area contributed by atoms with Gasteiger partial charge in [0.25, 0.3) is 0 Å². The van der Waals surface area contributed by atoms with Crippen molar-refractivity contribution in [2.45, 2.75) is 91.4 Å². The molecule has 0 fully saturated rings. The van der Waals surface area contributed by atoms with E-state index in [-0.39, 0.29) is 0 Å². The molecule has 114 valence electrons. The number of carbonyl (C=O) groups excluding carboxylic acids is 1. The molecule has 0 saturated heterocycles. The molecule has 1 heteroatoms. The van der Waals surface area contributed by atoms with E-state index in [4.69, 9.17) is 0 Å². The number of Topliss-reactive ketones (excluding diaryl/α,β-unsaturated/α-hetero) is 1. The molecule has 1 rings (SSSR count). The van der Waals surface area contributed by atoms with E-state index in [0.717, 1.165) is 24.0 Å². The van der Waals surface area contributed by atoms with Crippen molar-refractivity contribution in [1.29, 1.82) is 0 Å². The van der Waals surface area contributed by atoms with Crippen LogP contribution in [-0.4, -0.2) is 5.78 Å². The summed E-state index contributed by atoms with van der Waals surface area (Å²) in [6.07, 6.45) is 16.2. The van der Waals surface area contributed by atoms with Gasteiger partial charge in [0, 0.05) is 0 Å². The van der Waals surface area contributed by atoms with E-state index in [2.05, 4.69) is 19.9 Å². The van der Waals surface area contributed by atoms with Gasteiger partial charge in [0.15, 0.2) is 5.78 Å². The number of ketones is 1. The van der Waals surface area contributed by atoms with Crippen LogP contribution in [0.15, 0.2) is 22.8 Å². The summed E-state index contributed by atoms with van der Waals surface area (Å²) in [5.74, 6) is 0.299. The summed E-state index contributed by atoms with van der Waals surface area (Å²) in [7, 11) is 0. The first kappa shape index (κ1) is 17.2. The smallest absolute Gasteiger partial charge is 0.184 e. The fraction of sp³-hybridized carbons (Fsp3) is 0.737. The third-order valence-electron chi connectivity index (χ3n) is 4.48. The molecule has 0 aromatic carbocycles. The topological polar surface area (TPSA) is 17.1 Å². The molecule has 1 nitrogen and oxygen atoms in total. The summed E-state index contributed by atoms with van der Waals surface area (Å²) < 4.78 is 0. The van der Waals surface area contributed by atoms with E-state index in [0.29, 0.717) is 5.78 Å². The number of hydrogen-bond donors (Lipinski definition) is 0. The zero-order chi connectivity index (χ0) is 14.8. The van der Waals surface area contributed by atoms with Gasteiger partial charge in [0.05, 0.1) is 0 Å². The van der Waals surface area contributed by atoms with Crippen molar-refractivity contribution >= 4 is 5.78 Å². The Bertz CT molecular complexity index is 360. The first-order valence-electron chi connectivity index (χ1n) is 8.57. The first-order chi connectivity index (χ1) is 9.66. The highest BCUT2D eigenvalue weighted by atomic mass is 16.1. The van der Waals surface area contributed by atoms with Crippen molar-refractivity contribution in [3.63, 3.8) is 0 Å². The Morgan fingerprint density at radius 3 is 2.05 bits per heavy atom. The first-order valence-corrected chi connectivity index (χ1v) is 8.57. The van der Waals surface area contributed by atoms with Gasteiger partial charge >= 0.3 is 0 Å². The molecule has 0 unspecified atom stereocenters. The molecule has 0 bridgehead atoms. The second kappa shape index (κ2) is 9.96. The molecule has 0 atom stereocenters. The van der Waals surface area contributed by atoms with E-state index < -0.39 is 0 Å². The van der Waals surface area contributed by atoms with E-state index in [9.17, 15) is 4.79 Å². The molecule has 0 amide bonds. The van der Waals surface area contributed by atoms with Crippen molar-refractivity contribution in [3.8, 4) is 0 Å². The van der Waals surface area contributed by atoms with E-state index in [1.54, 1.807) is 0 Å². The highest BCUT2D eigenvalue weighted by molar-refractivity contribution is 6.09. The quantitative estimate of drug-likeness (QED) is 0.438. The van der Waals surface area contributed by atoms with Crippen LogP contribution in [0.2, 0.25) is 0 Å². The summed E-state index contributed by atoms with van der Waals surface area (Å²) in [6, 6.07) is 0.